The van der Waals surface area contributed by atoms with Crippen LogP contribution in [0, 0.1) is 0 Å². The van der Waals surface area contributed by atoms with E-state index in [1.807, 2.05) is 4.57 Å². The van der Waals surface area contributed by atoms with Crippen LogP contribution in [-0.4, -0.2) is 47.6 Å². The topological polar surface area (TPSA) is 73.6 Å². The van der Waals surface area contributed by atoms with Crippen molar-refractivity contribution in [3.8, 4) is 0 Å². The van der Waals surface area contributed by atoms with E-state index in [1.54, 1.807) is 31.6 Å². The molecule has 1 aromatic carbocycles. The van der Waals surface area contributed by atoms with Crippen molar-refractivity contribution in [3.05, 3.63) is 30.1 Å². The number of aromatic nitrogens is 2. The molecule has 1 heterocycles. The van der Waals surface area contributed by atoms with Gasteiger partial charge >= 0.3 is 5.97 Å². The molecule has 0 spiro atoms. The lowest BCUT2D eigenvalue weighted by Crippen LogP contribution is -2.04. The van der Waals surface area contributed by atoms with E-state index in [9.17, 15) is 4.79 Å². The summed E-state index contributed by atoms with van der Waals surface area (Å²) in [5.41, 5.74) is 1.96. The quantitative estimate of drug-likeness (QED) is 0.717. The van der Waals surface area contributed by atoms with Crippen LogP contribution in [0.3, 0.4) is 0 Å². The maximum Gasteiger partial charge on any atom is 0.335 e. The molecular formula is C15H20N2O4. The number of hydrogen-bond donors (Lipinski definition) is 1. The Bertz CT molecular complexity index is 594. The third kappa shape index (κ3) is 4.27. The summed E-state index contributed by atoms with van der Waals surface area (Å²) >= 11 is 0. The maximum absolute atomic E-state index is 11.0. The molecule has 0 unspecified atom stereocenters. The highest BCUT2D eigenvalue weighted by Gasteiger charge is 2.07. The molecule has 0 aliphatic rings. The highest BCUT2D eigenvalue weighted by atomic mass is 16.5. The van der Waals surface area contributed by atoms with Crippen LogP contribution in [0.1, 0.15) is 23.2 Å². The standard InChI is InChI=1S/C15H20N2O4/c1-20-8-9-21-7-3-2-6-17-11-16-13-5-4-12(15(18)19)10-14(13)17/h4-5,10-11H,2-3,6-9H2,1H3,(H,18,19). The van der Waals surface area contributed by atoms with Crippen LogP contribution in [0.4, 0.5) is 0 Å². The number of ether oxygens (including phenoxy) is 2. The van der Waals surface area contributed by atoms with E-state index in [-0.39, 0.29) is 5.56 Å². The molecule has 2 aromatic rings. The zero-order valence-corrected chi connectivity index (χ0v) is 12.1. The van der Waals surface area contributed by atoms with Crippen molar-refractivity contribution in [1.29, 1.82) is 0 Å². The number of imidazole rings is 1. The SMILES string of the molecule is COCCOCCCCn1cnc2ccc(C(=O)O)cc21. The number of carboxylic acid groups (broad SMARTS) is 1. The van der Waals surface area contributed by atoms with Crippen molar-refractivity contribution >= 4 is 17.0 Å². The Kier molecular flexibility index (Phi) is 5.71. The molecule has 0 bridgehead atoms. The lowest BCUT2D eigenvalue weighted by atomic mass is 10.2. The number of rotatable bonds is 9. The Balaban J connectivity index is 1.87. The minimum atomic E-state index is -0.920. The van der Waals surface area contributed by atoms with E-state index in [0.29, 0.717) is 19.8 Å². The van der Waals surface area contributed by atoms with E-state index >= 15 is 0 Å². The van der Waals surface area contributed by atoms with Gasteiger partial charge < -0.3 is 19.1 Å². The minimum Gasteiger partial charge on any atom is -0.478 e. The van der Waals surface area contributed by atoms with Crippen LogP contribution in [0.5, 0.6) is 0 Å². The molecule has 0 radical (unpaired) electrons. The minimum absolute atomic E-state index is 0.284. The summed E-state index contributed by atoms with van der Waals surface area (Å²) in [5, 5.41) is 9.03. The van der Waals surface area contributed by atoms with Crippen molar-refractivity contribution in [2.24, 2.45) is 0 Å². The van der Waals surface area contributed by atoms with E-state index < -0.39 is 5.97 Å². The number of carbonyl (C=O) groups is 1. The van der Waals surface area contributed by atoms with E-state index in [1.165, 1.54) is 0 Å². The second kappa shape index (κ2) is 7.75. The summed E-state index contributed by atoms with van der Waals surface area (Å²) in [6.45, 7) is 2.74. The van der Waals surface area contributed by atoms with Crippen LogP contribution in [-0.2, 0) is 16.0 Å². The van der Waals surface area contributed by atoms with Gasteiger partial charge in [-0.05, 0) is 31.0 Å². The first kappa shape index (κ1) is 15.5. The third-order valence-corrected chi connectivity index (χ3v) is 3.24. The van der Waals surface area contributed by atoms with Gasteiger partial charge in [0.05, 0.1) is 36.1 Å². The van der Waals surface area contributed by atoms with E-state index in [4.69, 9.17) is 14.6 Å². The zero-order chi connectivity index (χ0) is 15.1. The second-order valence-electron chi connectivity index (χ2n) is 4.76. The largest absolute Gasteiger partial charge is 0.478 e. The van der Waals surface area contributed by atoms with Gasteiger partial charge in [-0.1, -0.05) is 0 Å². The lowest BCUT2D eigenvalue weighted by molar-refractivity contribution is 0.0684. The van der Waals surface area contributed by atoms with Crippen LogP contribution in [0.15, 0.2) is 24.5 Å². The number of carboxylic acids is 1. The fraction of sp³-hybridized carbons (Fsp3) is 0.467. The van der Waals surface area contributed by atoms with Crippen molar-refractivity contribution in [3.63, 3.8) is 0 Å². The number of nitrogens with zero attached hydrogens (tertiary/aromatic N) is 2. The molecule has 6 nitrogen and oxygen atoms in total. The number of aromatic carboxylic acids is 1. The Morgan fingerprint density at radius 3 is 2.90 bits per heavy atom. The predicted molar refractivity (Wildman–Crippen MR) is 78.6 cm³/mol. The molecule has 0 saturated heterocycles. The van der Waals surface area contributed by atoms with Gasteiger partial charge in [-0.2, -0.15) is 0 Å². The number of methoxy groups -OCH3 is 1. The maximum atomic E-state index is 11.0. The van der Waals surface area contributed by atoms with Gasteiger partial charge in [0, 0.05) is 20.3 Å². The summed E-state index contributed by atoms with van der Waals surface area (Å²) < 4.78 is 12.3. The van der Waals surface area contributed by atoms with Crippen LogP contribution in [0.25, 0.3) is 11.0 Å². The highest BCUT2D eigenvalue weighted by molar-refractivity contribution is 5.92. The lowest BCUT2D eigenvalue weighted by Gasteiger charge is -2.06. The number of aryl methyl sites for hydroxylation is 1. The molecular weight excluding hydrogens is 272 g/mol. The average molecular weight is 292 g/mol. The monoisotopic (exact) mass is 292 g/mol. The van der Waals surface area contributed by atoms with E-state index in [0.717, 1.165) is 30.4 Å². The average Bonchev–Trinajstić information content (AvgIpc) is 2.88. The molecule has 114 valence electrons. The summed E-state index contributed by atoms with van der Waals surface area (Å²) in [6.07, 6.45) is 3.65. The number of fused-ring (bicyclic) bond motifs is 1. The third-order valence-electron chi connectivity index (χ3n) is 3.24. The first-order valence-electron chi connectivity index (χ1n) is 6.97. The molecule has 1 aromatic heterocycles. The molecule has 0 fully saturated rings. The van der Waals surface area contributed by atoms with Crippen molar-refractivity contribution in [1.82, 2.24) is 9.55 Å². The number of hydrogen-bond acceptors (Lipinski definition) is 4. The summed E-state index contributed by atoms with van der Waals surface area (Å²) in [7, 11) is 1.65. The Labute approximate surface area is 123 Å². The van der Waals surface area contributed by atoms with Gasteiger partial charge in [-0.15, -0.1) is 0 Å². The van der Waals surface area contributed by atoms with Gasteiger partial charge in [-0.3, -0.25) is 0 Å². The van der Waals surface area contributed by atoms with E-state index in [2.05, 4.69) is 4.98 Å². The molecule has 0 amide bonds. The molecule has 1 N–H and O–H groups in total. The number of benzene rings is 1. The Hall–Kier alpha value is -1.92. The predicted octanol–water partition coefficient (Wildman–Crippen LogP) is 2.18. The Morgan fingerprint density at radius 2 is 2.14 bits per heavy atom. The molecule has 0 aliphatic carbocycles. The molecule has 6 heteroatoms. The molecule has 21 heavy (non-hydrogen) atoms. The summed E-state index contributed by atoms with van der Waals surface area (Å²) in [4.78, 5) is 15.3. The smallest absolute Gasteiger partial charge is 0.335 e. The fourth-order valence-electron chi connectivity index (χ4n) is 2.10. The molecule has 2 rings (SSSR count). The zero-order valence-electron chi connectivity index (χ0n) is 12.1. The highest BCUT2D eigenvalue weighted by Crippen LogP contribution is 2.16. The van der Waals surface area contributed by atoms with Gasteiger partial charge in [0.1, 0.15) is 0 Å². The summed E-state index contributed by atoms with van der Waals surface area (Å²) in [5.74, 6) is -0.920. The van der Waals surface area contributed by atoms with Gasteiger partial charge in [0.2, 0.25) is 0 Å². The normalized spacial score (nSPS) is 11.1. The first-order valence-corrected chi connectivity index (χ1v) is 6.97. The van der Waals surface area contributed by atoms with Crippen molar-refractivity contribution in [2.45, 2.75) is 19.4 Å². The molecule has 0 atom stereocenters. The Morgan fingerprint density at radius 1 is 1.29 bits per heavy atom. The van der Waals surface area contributed by atoms with Gasteiger partial charge in [-0.25, -0.2) is 9.78 Å². The van der Waals surface area contributed by atoms with Crippen LogP contribution < -0.4 is 0 Å². The van der Waals surface area contributed by atoms with Crippen molar-refractivity contribution in [2.75, 3.05) is 26.9 Å². The molecule has 0 saturated carbocycles. The van der Waals surface area contributed by atoms with Crippen molar-refractivity contribution < 1.29 is 19.4 Å². The fourth-order valence-corrected chi connectivity index (χ4v) is 2.10. The second-order valence-corrected chi connectivity index (χ2v) is 4.76. The molecule has 0 aliphatic heterocycles. The van der Waals surface area contributed by atoms with Gasteiger partial charge in [0.15, 0.2) is 0 Å². The number of unbranched alkanes of at least 4 members (excludes halogenated alkanes) is 1. The summed E-state index contributed by atoms with van der Waals surface area (Å²) in [6, 6.07) is 4.98. The first-order chi connectivity index (χ1) is 10.2. The van der Waals surface area contributed by atoms with Crippen LogP contribution in [0.2, 0.25) is 0 Å². The van der Waals surface area contributed by atoms with Crippen LogP contribution >= 0.6 is 0 Å². The van der Waals surface area contributed by atoms with Gasteiger partial charge in [0.25, 0.3) is 0 Å².